The molecule has 2 heterocycles. The van der Waals surface area contributed by atoms with Crippen LogP contribution in [0.4, 0.5) is 0 Å². The maximum Gasteiger partial charge on any atom is 0.250 e. The highest BCUT2D eigenvalue weighted by molar-refractivity contribution is 7.99. The highest BCUT2D eigenvalue weighted by Crippen LogP contribution is 2.32. The average Bonchev–Trinajstić information content (AvgIpc) is 3.48. The molecule has 0 aliphatic carbocycles. The molecular weight excluding hydrogens is 472 g/mol. The Morgan fingerprint density at radius 3 is 2.91 bits per heavy atom. The summed E-state index contributed by atoms with van der Waals surface area (Å²) in [7, 11) is 1.60. The van der Waals surface area contributed by atoms with Gasteiger partial charge in [-0.2, -0.15) is 5.10 Å². The first-order chi connectivity index (χ1) is 17.1. The SMILES string of the molecule is CCCc1ccc(OCc2nnc(SCC(=O)N/N=C/c3ccc4c(c3)OCO4)n2N)c(OC)c1. The third-order valence-corrected chi connectivity index (χ3v) is 5.93. The summed E-state index contributed by atoms with van der Waals surface area (Å²) < 4.78 is 23.1. The van der Waals surface area contributed by atoms with E-state index in [0.717, 1.165) is 30.2 Å². The molecule has 3 N–H and O–H groups in total. The van der Waals surface area contributed by atoms with Crippen LogP contribution in [-0.4, -0.2) is 46.7 Å². The number of nitrogen functional groups attached to an aromatic ring is 1. The van der Waals surface area contributed by atoms with E-state index >= 15 is 0 Å². The molecule has 0 fully saturated rings. The van der Waals surface area contributed by atoms with Gasteiger partial charge < -0.3 is 24.8 Å². The molecule has 0 saturated heterocycles. The van der Waals surface area contributed by atoms with Crippen molar-refractivity contribution in [1.82, 2.24) is 20.3 Å². The summed E-state index contributed by atoms with van der Waals surface area (Å²) in [5.74, 6) is 8.80. The Balaban J connectivity index is 1.26. The number of rotatable bonds is 11. The molecule has 3 aromatic rings. The average molecular weight is 499 g/mol. The van der Waals surface area contributed by atoms with Gasteiger partial charge in [-0.05, 0) is 47.9 Å². The summed E-state index contributed by atoms with van der Waals surface area (Å²) in [6, 6.07) is 11.2. The highest BCUT2D eigenvalue weighted by Gasteiger charge is 2.15. The number of hydrogen-bond donors (Lipinski definition) is 2. The molecule has 0 spiro atoms. The first-order valence-electron chi connectivity index (χ1n) is 10.9. The summed E-state index contributed by atoms with van der Waals surface area (Å²) in [4.78, 5) is 12.1. The lowest BCUT2D eigenvalue weighted by molar-refractivity contribution is -0.118. The zero-order chi connectivity index (χ0) is 24.6. The van der Waals surface area contributed by atoms with E-state index in [4.69, 9.17) is 24.8 Å². The van der Waals surface area contributed by atoms with Crippen LogP contribution in [0.25, 0.3) is 0 Å². The fourth-order valence-electron chi connectivity index (χ4n) is 3.26. The fourth-order valence-corrected chi connectivity index (χ4v) is 3.92. The smallest absolute Gasteiger partial charge is 0.250 e. The van der Waals surface area contributed by atoms with Crippen LogP contribution in [0.15, 0.2) is 46.7 Å². The molecule has 0 atom stereocenters. The lowest BCUT2D eigenvalue weighted by atomic mass is 10.1. The van der Waals surface area contributed by atoms with E-state index in [2.05, 4.69) is 27.6 Å². The van der Waals surface area contributed by atoms with Crippen molar-refractivity contribution < 1.29 is 23.7 Å². The van der Waals surface area contributed by atoms with E-state index in [1.807, 2.05) is 24.3 Å². The zero-order valence-electron chi connectivity index (χ0n) is 19.4. The van der Waals surface area contributed by atoms with E-state index < -0.39 is 0 Å². The topological polar surface area (TPSA) is 135 Å². The number of ether oxygens (including phenoxy) is 4. The summed E-state index contributed by atoms with van der Waals surface area (Å²) >= 11 is 1.14. The molecule has 1 aromatic heterocycles. The number of nitrogens with two attached hydrogens (primary N) is 1. The van der Waals surface area contributed by atoms with Crippen molar-refractivity contribution >= 4 is 23.9 Å². The summed E-state index contributed by atoms with van der Waals surface area (Å²) in [6.07, 6.45) is 3.53. The molecule has 0 unspecified atom stereocenters. The maximum atomic E-state index is 12.1. The standard InChI is InChI=1S/C23H26N6O5S/c1-3-4-15-5-7-17(19(9-15)31-2)32-12-21-26-28-23(29(21)24)35-13-22(30)27-25-11-16-6-8-18-20(10-16)34-14-33-18/h5-11H,3-4,12-14,24H2,1-2H3,(H,27,30)/b25-11+. The van der Waals surface area contributed by atoms with Gasteiger partial charge in [0.25, 0.3) is 5.91 Å². The lowest BCUT2D eigenvalue weighted by Gasteiger charge is -2.12. The minimum atomic E-state index is -0.315. The number of carbonyl (C=O) groups excluding carboxylic acids is 1. The molecule has 4 rings (SSSR count). The number of methoxy groups -OCH3 is 1. The van der Waals surface area contributed by atoms with Crippen LogP contribution in [0.3, 0.4) is 0 Å². The molecule has 12 heteroatoms. The van der Waals surface area contributed by atoms with Gasteiger partial charge in [0.2, 0.25) is 11.9 Å². The summed E-state index contributed by atoms with van der Waals surface area (Å²) in [5.41, 5.74) is 4.41. The fraction of sp³-hybridized carbons (Fsp3) is 0.304. The van der Waals surface area contributed by atoms with Gasteiger partial charge >= 0.3 is 0 Å². The maximum absolute atomic E-state index is 12.1. The van der Waals surface area contributed by atoms with Crippen LogP contribution in [-0.2, 0) is 17.8 Å². The second-order valence-corrected chi connectivity index (χ2v) is 8.43. The Morgan fingerprint density at radius 2 is 2.09 bits per heavy atom. The Hall–Kier alpha value is -3.93. The molecule has 2 aromatic carbocycles. The van der Waals surface area contributed by atoms with E-state index in [0.29, 0.717) is 34.0 Å². The molecular formula is C23H26N6O5S. The minimum absolute atomic E-state index is 0.0569. The van der Waals surface area contributed by atoms with Gasteiger partial charge in [0.05, 0.1) is 19.1 Å². The molecule has 1 aliphatic heterocycles. The Bertz CT molecular complexity index is 1220. The molecule has 11 nitrogen and oxygen atoms in total. The first kappa shape index (κ1) is 24.2. The van der Waals surface area contributed by atoms with Crippen molar-refractivity contribution in [3.05, 3.63) is 53.3 Å². The van der Waals surface area contributed by atoms with Crippen LogP contribution in [0, 0.1) is 0 Å². The number of aryl methyl sites for hydroxylation is 1. The third kappa shape index (κ3) is 6.15. The first-order valence-corrected chi connectivity index (χ1v) is 11.9. The van der Waals surface area contributed by atoms with E-state index in [1.54, 1.807) is 19.2 Å². The molecule has 35 heavy (non-hydrogen) atoms. The number of hydrazone groups is 1. The molecule has 0 saturated carbocycles. The van der Waals surface area contributed by atoms with Crippen molar-refractivity contribution in [2.75, 3.05) is 25.5 Å². The van der Waals surface area contributed by atoms with E-state index in [9.17, 15) is 4.79 Å². The van der Waals surface area contributed by atoms with Crippen molar-refractivity contribution in [2.45, 2.75) is 31.5 Å². The van der Waals surface area contributed by atoms with E-state index in [1.165, 1.54) is 16.5 Å². The highest BCUT2D eigenvalue weighted by atomic mass is 32.2. The molecule has 0 bridgehead atoms. The van der Waals surface area contributed by atoms with Gasteiger partial charge in [-0.3, -0.25) is 4.79 Å². The largest absolute Gasteiger partial charge is 0.493 e. The Labute approximate surface area is 206 Å². The number of nitrogens with one attached hydrogen (secondary N) is 1. The number of hydrogen-bond acceptors (Lipinski definition) is 10. The van der Waals surface area contributed by atoms with Gasteiger partial charge in [0.15, 0.2) is 28.8 Å². The lowest BCUT2D eigenvalue weighted by Crippen LogP contribution is -2.21. The molecule has 1 amide bonds. The van der Waals surface area contributed by atoms with Crippen LogP contribution >= 0.6 is 11.8 Å². The van der Waals surface area contributed by atoms with Crippen molar-refractivity contribution in [2.24, 2.45) is 5.10 Å². The summed E-state index contributed by atoms with van der Waals surface area (Å²) in [6.45, 7) is 2.42. The van der Waals surface area contributed by atoms with Crippen LogP contribution in [0.1, 0.15) is 30.3 Å². The minimum Gasteiger partial charge on any atom is -0.493 e. The van der Waals surface area contributed by atoms with Gasteiger partial charge in [-0.25, -0.2) is 10.1 Å². The molecule has 184 valence electrons. The number of aromatic nitrogens is 3. The van der Waals surface area contributed by atoms with Crippen molar-refractivity contribution in [3.63, 3.8) is 0 Å². The quantitative estimate of drug-likeness (QED) is 0.177. The van der Waals surface area contributed by atoms with Crippen LogP contribution in [0.2, 0.25) is 0 Å². The van der Waals surface area contributed by atoms with E-state index in [-0.39, 0.29) is 25.1 Å². The predicted molar refractivity (Wildman–Crippen MR) is 131 cm³/mol. The number of thioether (sulfide) groups is 1. The van der Waals surface area contributed by atoms with Crippen LogP contribution in [0.5, 0.6) is 23.0 Å². The van der Waals surface area contributed by atoms with Crippen molar-refractivity contribution in [3.8, 4) is 23.0 Å². The van der Waals surface area contributed by atoms with Crippen LogP contribution < -0.4 is 30.2 Å². The Kier molecular flexibility index (Phi) is 7.93. The van der Waals surface area contributed by atoms with Crippen molar-refractivity contribution in [1.29, 1.82) is 0 Å². The monoisotopic (exact) mass is 498 g/mol. The second kappa shape index (κ2) is 11.5. The second-order valence-electron chi connectivity index (χ2n) is 7.49. The molecule has 1 aliphatic rings. The Morgan fingerprint density at radius 1 is 1.23 bits per heavy atom. The molecule has 0 radical (unpaired) electrons. The number of fused-ring (bicyclic) bond motifs is 1. The normalized spacial score (nSPS) is 12.2. The zero-order valence-corrected chi connectivity index (χ0v) is 20.2. The predicted octanol–water partition coefficient (Wildman–Crippen LogP) is 2.50. The number of benzene rings is 2. The van der Waals surface area contributed by atoms with Gasteiger partial charge in [-0.15, -0.1) is 10.2 Å². The summed E-state index contributed by atoms with van der Waals surface area (Å²) in [5, 5.41) is 12.4. The number of carbonyl (C=O) groups is 1. The third-order valence-electron chi connectivity index (χ3n) is 4.99. The van der Waals surface area contributed by atoms with Gasteiger partial charge in [0.1, 0.15) is 6.61 Å². The van der Waals surface area contributed by atoms with Gasteiger partial charge in [-0.1, -0.05) is 31.2 Å². The number of amides is 1. The number of nitrogens with zero attached hydrogens (tertiary/aromatic N) is 4. The van der Waals surface area contributed by atoms with Gasteiger partial charge in [0, 0.05) is 0 Å².